The van der Waals surface area contributed by atoms with Crippen LogP contribution in [0.5, 0.6) is 0 Å². The number of nitrogens with zero attached hydrogens (tertiary/aromatic N) is 3. The zero-order valence-corrected chi connectivity index (χ0v) is 16.9. The zero-order chi connectivity index (χ0) is 21.2. The molecule has 0 unspecified atom stereocenters. The van der Waals surface area contributed by atoms with Crippen LogP contribution in [0.2, 0.25) is 0 Å². The zero-order valence-electron chi connectivity index (χ0n) is 16.9. The summed E-state index contributed by atoms with van der Waals surface area (Å²) in [6.45, 7) is 4.14. The van der Waals surface area contributed by atoms with E-state index in [1.54, 1.807) is 19.1 Å². The van der Waals surface area contributed by atoms with Gasteiger partial charge in [-0.3, -0.25) is 4.90 Å². The van der Waals surface area contributed by atoms with Gasteiger partial charge in [0, 0.05) is 17.7 Å². The van der Waals surface area contributed by atoms with Gasteiger partial charge in [-0.25, -0.2) is 9.18 Å². The lowest BCUT2D eigenvalue weighted by molar-refractivity contribution is 0.131. The van der Waals surface area contributed by atoms with Crippen LogP contribution in [-0.4, -0.2) is 38.3 Å². The monoisotopic (exact) mass is 401 g/mol. The minimum atomic E-state index is -0.453. The lowest BCUT2D eigenvalue weighted by Crippen LogP contribution is -2.31. The van der Waals surface area contributed by atoms with E-state index in [-0.39, 0.29) is 12.4 Å². The lowest BCUT2D eigenvalue weighted by atomic mass is 10.1. The van der Waals surface area contributed by atoms with Gasteiger partial charge in [0.2, 0.25) is 0 Å². The molecule has 0 heterocycles. The van der Waals surface area contributed by atoms with Crippen LogP contribution in [0.4, 0.5) is 14.9 Å². The molecule has 0 atom stereocenters. The van der Waals surface area contributed by atoms with E-state index in [9.17, 15) is 9.18 Å². The lowest BCUT2D eigenvalue weighted by Gasteiger charge is -2.21. The molecule has 0 aliphatic rings. The predicted octanol–water partition coefficient (Wildman–Crippen LogP) is 4.36. The molecule has 0 fully saturated rings. The molecule has 8 heteroatoms. The number of hydrogen-bond acceptors (Lipinski definition) is 6. The minimum Gasteiger partial charge on any atom is -0.452 e. The predicted molar refractivity (Wildman–Crippen MR) is 110 cm³/mol. The van der Waals surface area contributed by atoms with Crippen molar-refractivity contribution in [3.63, 3.8) is 0 Å². The summed E-state index contributed by atoms with van der Waals surface area (Å²) in [6.07, 6.45) is -0.453. The summed E-state index contributed by atoms with van der Waals surface area (Å²) in [5, 5.41) is 8.06. The fourth-order valence-corrected chi connectivity index (χ4v) is 2.67. The molecule has 0 saturated heterocycles. The van der Waals surface area contributed by atoms with Crippen LogP contribution in [0.25, 0.3) is 0 Å². The molecule has 2 aromatic carbocycles. The summed E-state index contributed by atoms with van der Waals surface area (Å²) in [4.78, 5) is 23.9. The van der Waals surface area contributed by atoms with E-state index in [0.717, 1.165) is 5.56 Å². The molecule has 0 aromatic heterocycles. The second kappa shape index (κ2) is 10.8. The number of para-hydroxylation sites is 1. The SMILES string of the molecule is CCN(C(=O)OC)c1ccccc1CO/N=C(C)/C(=N/OC)c1ccc(F)cc1. The van der Waals surface area contributed by atoms with Crippen molar-refractivity contribution in [1.29, 1.82) is 0 Å². The molecule has 0 bridgehead atoms. The Balaban J connectivity index is 2.19. The number of rotatable bonds is 8. The van der Waals surface area contributed by atoms with E-state index < -0.39 is 6.09 Å². The molecular formula is C21H24FN3O4. The summed E-state index contributed by atoms with van der Waals surface area (Å²) in [5.41, 5.74) is 2.96. The van der Waals surface area contributed by atoms with Crippen LogP contribution in [0.15, 0.2) is 58.8 Å². The number of carbonyl (C=O) groups excluding carboxylic acids is 1. The maximum absolute atomic E-state index is 13.2. The maximum atomic E-state index is 13.2. The Morgan fingerprint density at radius 1 is 1.07 bits per heavy atom. The minimum absolute atomic E-state index is 0.130. The number of hydrogen-bond donors (Lipinski definition) is 0. The number of methoxy groups -OCH3 is 1. The van der Waals surface area contributed by atoms with E-state index in [1.165, 1.54) is 31.3 Å². The first kappa shape index (κ1) is 21.9. The Morgan fingerprint density at radius 2 is 1.76 bits per heavy atom. The van der Waals surface area contributed by atoms with Gasteiger partial charge in [-0.2, -0.15) is 0 Å². The van der Waals surface area contributed by atoms with Gasteiger partial charge in [0.25, 0.3) is 0 Å². The molecule has 29 heavy (non-hydrogen) atoms. The largest absolute Gasteiger partial charge is 0.452 e. The fraction of sp³-hybridized carbons (Fsp3) is 0.286. The smallest absolute Gasteiger partial charge is 0.413 e. The van der Waals surface area contributed by atoms with Gasteiger partial charge >= 0.3 is 6.09 Å². The van der Waals surface area contributed by atoms with Crippen LogP contribution >= 0.6 is 0 Å². The van der Waals surface area contributed by atoms with Crippen molar-refractivity contribution in [2.24, 2.45) is 10.3 Å². The van der Waals surface area contributed by atoms with Crippen LogP contribution in [-0.2, 0) is 21.0 Å². The number of amides is 1. The van der Waals surface area contributed by atoms with Gasteiger partial charge < -0.3 is 14.4 Å². The fourth-order valence-electron chi connectivity index (χ4n) is 2.67. The molecule has 2 rings (SSSR count). The van der Waals surface area contributed by atoms with Crippen LogP contribution < -0.4 is 4.90 Å². The standard InChI is InChI=1S/C21H24FN3O4/c1-5-25(21(26)27-3)19-9-7-6-8-17(19)14-29-23-15(2)20(24-28-4)16-10-12-18(22)13-11-16/h6-13H,5,14H2,1-4H3/b23-15+,24-20-. The molecular weight excluding hydrogens is 377 g/mol. The summed E-state index contributed by atoms with van der Waals surface area (Å²) >= 11 is 0. The summed E-state index contributed by atoms with van der Waals surface area (Å²) < 4.78 is 18.0. The average molecular weight is 401 g/mol. The molecule has 7 nitrogen and oxygen atoms in total. The first-order chi connectivity index (χ1) is 14.0. The van der Waals surface area contributed by atoms with Gasteiger partial charge in [-0.1, -0.05) is 28.5 Å². The van der Waals surface area contributed by atoms with Gasteiger partial charge in [-0.15, -0.1) is 0 Å². The molecule has 2 aromatic rings. The highest BCUT2D eigenvalue weighted by atomic mass is 19.1. The molecule has 0 aliphatic heterocycles. The molecule has 0 N–H and O–H groups in total. The van der Waals surface area contributed by atoms with E-state index >= 15 is 0 Å². The van der Waals surface area contributed by atoms with E-state index in [4.69, 9.17) is 14.4 Å². The molecule has 0 aliphatic carbocycles. The maximum Gasteiger partial charge on any atom is 0.413 e. The van der Waals surface area contributed by atoms with E-state index in [2.05, 4.69) is 10.3 Å². The topological polar surface area (TPSA) is 72.7 Å². The highest BCUT2D eigenvalue weighted by Gasteiger charge is 2.17. The Bertz CT molecular complexity index is 882. The second-order valence-corrected chi connectivity index (χ2v) is 5.92. The number of benzene rings is 2. The van der Waals surface area contributed by atoms with Crippen molar-refractivity contribution < 1.29 is 23.6 Å². The van der Waals surface area contributed by atoms with Crippen molar-refractivity contribution in [3.05, 3.63) is 65.5 Å². The van der Waals surface area contributed by atoms with Gasteiger partial charge in [-0.05, 0) is 44.2 Å². The molecule has 154 valence electrons. The Labute approximate surface area is 169 Å². The Hall–Kier alpha value is -3.42. The van der Waals surface area contributed by atoms with E-state index in [1.807, 2.05) is 31.2 Å². The van der Waals surface area contributed by atoms with Gasteiger partial charge in [0.15, 0.2) is 0 Å². The Morgan fingerprint density at radius 3 is 2.38 bits per heavy atom. The normalized spacial score (nSPS) is 11.8. The second-order valence-electron chi connectivity index (χ2n) is 5.92. The third-order valence-corrected chi connectivity index (χ3v) is 4.06. The molecule has 0 radical (unpaired) electrons. The first-order valence-electron chi connectivity index (χ1n) is 8.99. The first-order valence-corrected chi connectivity index (χ1v) is 8.99. The quantitative estimate of drug-likeness (QED) is 0.487. The number of halogens is 1. The molecule has 1 amide bonds. The number of ether oxygens (including phenoxy) is 1. The molecule has 0 saturated carbocycles. The van der Waals surface area contributed by atoms with Crippen molar-refractivity contribution in [2.45, 2.75) is 20.5 Å². The Kier molecular flexibility index (Phi) is 8.14. The van der Waals surface area contributed by atoms with Crippen molar-refractivity contribution in [2.75, 3.05) is 25.7 Å². The van der Waals surface area contributed by atoms with E-state index in [0.29, 0.717) is 29.2 Å². The van der Waals surface area contributed by atoms with Gasteiger partial charge in [0.05, 0.1) is 12.8 Å². The summed E-state index contributed by atoms with van der Waals surface area (Å²) in [6, 6.07) is 13.2. The highest BCUT2D eigenvalue weighted by Crippen LogP contribution is 2.22. The van der Waals surface area contributed by atoms with Crippen molar-refractivity contribution in [1.82, 2.24) is 0 Å². The summed E-state index contributed by atoms with van der Waals surface area (Å²) in [5.74, 6) is -0.348. The third-order valence-electron chi connectivity index (χ3n) is 4.06. The van der Waals surface area contributed by atoms with Crippen molar-refractivity contribution >= 4 is 23.2 Å². The molecule has 0 spiro atoms. The van der Waals surface area contributed by atoms with Crippen molar-refractivity contribution in [3.8, 4) is 0 Å². The third kappa shape index (κ3) is 5.78. The number of anilines is 1. The van der Waals surface area contributed by atoms with Crippen LogP contribution in [0.1, 0.15) is 25.0 Å². The highest BCUT2D eigenvalue weighted by molar-refractivity contribution is 6.47. The average Bonchev–Trinajstić information content (AvgIpc) is 2.74. The summed E-state index contributed by atoms with van der Waals surface area (Å²) in [7, 11) is 2.75. The van der Waals surface area contributed by atoms with Gasteiger partial charge in [0.1, 0.15) is 31.0 Å². The number of oxime groups is 2. The van der Waals surface area contributed by atoms with Crippen LogP contribution in [0.3, 0.4) is 0 Å². The number of carbonyl (C=O) groups is 1. The van der Waals surface area contributed by atoms with Crippen LogP contribution in [0, 0.1) is 5.82 Å².